The number of rotatable bonds is 8. The smallest absolute Gasteiger partial charge is 0.321 e. The van der Waals surface area contributed by atoms with Crippen molar-refractivity contribution in [1.82, 2.24) is 15.2 Å². The Kier molecular flexibility index (Phi) is 9.77. The number of carbonyl (C=O) groups excluding carboxylic acids is 1. The van der Waals surface area contributed by atoms with Crippen LogP contribution in [0.1, 0.15) is 11.3 Å². The molecule has 0 aliphatic carbocycles. The average molecular weight is 405 g/mol. The molecule has 0 saturated heterocycles. The van der Waals surface area contributed by atoms with Crippen LogP contribution in [-0.4, -0.2) is 43.2 Å². The Labute approximate surface area is 162 Å². The number of thiazole rings is 1. The quantitative estimate of drug-likeness (QED) is 0.704. The van der Waals surface area contributed by atoms with Crippen molar-refractivity contribution in [2.45, 2.75) is 13.1 Å². The van der Waals surface area contributed by atoms with Crippen LogP contribution in [0.3, 0.4) is 0 Å². The molecular formula is C16H22Cl2N4O2S. The Bertz CT molecular complexity index is 669. The lowest BCUT2D eigenvalue weighted by Gasteiger charge is -2.13. The Morgan fingerprint density at radius 2 is 2.24 bits per heavy atom. The fourth-order valence-corrected chi connectivity index (χ4v) is 2.92. The Morgan fingerprint density at radius 3 is 2.96 bits per heavy atom. The number of ether oxygens (including phenoxy) is 1. The molecule has 138 valence electrons. The number of halogens is 2. The second-order valence-corrected chi connectivity index (χ2v) is 6.61. The third-order valence-electron chi connectivity index (χ3n) is 3.22. The minimum atomic E-state index is -0.288. The lowest BCUT2D eigenvalue weighted by Crippen LogP contribution is -2.28. The number of likely N-dealkylation sites (N-methyl/N-ethyl adjacent to an activating group) is 1. The zero-order valence-electron chi connectivity index (χ0n) is 14.1. The van der Waals surface area contributed by atoms with Crippen molar-refractivity contribution >= 4 is 46.5 Å². The number of nitrogens with one attached hydrogen (secondary N) is 2. The normalized spacial score (nSPS) is 10.4. The van der Waals surface area contributed by atoms with E-state index in [1.165, 1.54) is 11.3 Å². The van der Waals surface area contributed by atoms with Gasteiger partial charge in [0.1, 0.15) is 0 Å². The van der Waals surface area contributed by atoms with E-state index in [2.05, 4.69) is 20.5 Å². The van der Waals surface area contributed by atoms with Gasteiger partial charge in [-0.2, -0.15) is 0 Å². The molecule has 0 spiro atoms. The zero-order valence-corrected chi connectivity index (χ0v) is 16.5. The Morgan fingerprint density at radius 1 is 1.44 bits per heavy atom. The molecule has 2 aromatic rings. The van der Waals surface area contributed by atoms with Crippen LogP contribution in [0.25, 0.3) is 0 Å². The van der Waals surface area contributed by atoms with Gasteiger partial charge < -0.3 is 10.1 Å². The molecular weight excluding hydrogens is 383 g/mol. The summed E-state index contributed by atoms with van der Waals surface area (Å²) in [5.41, 5.74) is 1.86. The summed E-state index contributed by atoms with van der Waals surface area (Å²) in [5, 5.41) is 8.70. The molecule has 2 rings (SSSR count). The van der Waals surface area contributed by atoms with Gasteiger partial charge in [0.05, 0.1) is 12.3 Å². The number of urea groups is 1. The van der Waals surface area contributed by atoms with Crippen LogP contribution in [0.2, 0.25) is 5.02 Å². The number of anilines is 1. The van der Waals surface area contributed by atoms with E-state index in [1.807, 2.05) is 30.6 Å². The first-order valence-corrected chi connectivity index (χ1v) is 8.74. The summed E-state index contributed by atoms with van der Waals surface area (Å²) in [6, 6.07) is 7.09. The summed E-state index contributed by atoms with van der Waals surface area (Å²) in [6.45, 7) is 2.63. The van der Waals surface area contributed by atoms with Crippen molar-refractivity contribution in [3.63, 3.8) is 0 Å². The first kappa shape index (κ1) is 21.7. The summed E-state index contributed by atoms with van der Waals surface area (Å²) in [4.78, 5) is 18.5. The largest absolute Gasteiger partial charge is 0.383 e. The van der Waals surface area contributed by atoms with Gasteiger partial charge in [-0.1, -0.05) is 23.7 Å². The second kappa shape index (κ2) is 11.3. The van der Waals surface area contributed by atoms with Gasteiger partial charge in [0.15, 0.2) is 5.13 Å². The number of methoxy groups -OCH3 is 1. The van der Waals surface area contributed by atoms with Gasteiger partial charge in [-0.3, -0.25) is 10.2 Å². The van der Waals surface area contributed by atoms with Crippen LogP contribution >= 0.6 is 35.3 Å². The van der Waals surface area contributed by atoms with Crippen molar-refractivity contribution in [1.29, 1.82) is 0 Å². The van der Waals surface area contributed by atoms with Crippen LogP contribution in [0.5, 0.6) is 0 Å². The van der Waals surface area contributed by atoms with E-state index in [-0.39, 0.29) is 18.4 Å². The van der Waals surface area contributed by atoms with Gasteiger partial charge in [0.2, 0.25) is 0 Å². The van der Waals surface area contributed by atoms with E-state index in [4.69, 9.17) is 16.3 Å². The molecule has 1 aromatic carbocycles. The van der Waals surface area contributed by atoms with E-state index in [1.54, 1.807) is 13.2 Å². The van der Waals surface area contributed by atoms with Gasteiger partial charge in [0, 0.05) is 37.1 Å². The summed E-state index contributed by atoms with van der Waals surface area (Å²) < 4.78 is 5.05. The minimum absolute atomic E-state index is 0. The van der Waals surface area contributed by atoms with E-state index in [0.717, 1.165) is 17.8 Å². The fraction of sp³-hybridized carbons (Fsp3) is 0.375. The van der Waals surface area contributed by atoms with Crippen LogP contribution in [0.15, 0.2) is 29.6 Å². The lowest BCUT2D eigenvalue weighted by molar-refractivity contribution is 0.158. The molecule has 0 radical (unpaired) electrons. The van der Waals surface area contributed by atoms with Crippen molar-refractivity contribution in [3.8, 4) is 0 Å². The molecule has 0 bridgehead atoms. The maximum Gasteiger partial charge on any atom is 0.321 e. The number of aromatic nitrogens is 1. The molecule has 1 aromatic heterocycles. The molecule has 0 aliphatic heterocycles. The number of nitrogens with zero attached hydrogens (tertiary/aromatic N) is 2. The number of amides is 2. The molecule has 25 heavy (non-hydrogen) atoms. The summed E-state index contributed by atoms with van der Waals surface area (Å²) in [7, 11) is 3.68. The molecule has 6 nitrogen and oxygen atoms in total. The third kappa shape index (κ3) is 8.02. The van der Waals surface area contributed by atoms with Crippen LogP contribution in [0.4, 0.5) is 9.93 Å². The predicted molar refractivity (Wildman–Crippen MR) is 105 cm³/mol. The first-order valence-electron chi connectivity index (χ1n) is 7.48. The van der Waals surface area contributed by atoms with E-state index in [9.17, 15) is 4.79 Å². The Balaban J connectivity index is 0.00000312. The number of hydrogen-bond acceptors (Lipinski definition) is 5. The number of benzene rings is 1. The highest BCUT2D eigenvalue weighted by molar-refractivity contribution is 7.13. The molecule has 2 amide bonds. The molecule has 0 unspecified atom stereocenters. The maximum absolute atomic E-state index is 11.9. The third-order valence-corrected chi connectivity index (χ3v) is 4.26. The molecule has 0 aliphatic rings. The van der Waals surface area contributed by atoms with Gasteiger partial charge in [0.25, 0.3) is 0 Å². The van der Waals surface area contributed by atoms with Crippen LogP contribution in [0, 0.1) is 0 Å². The van der Waals surface area contributed by atoms with Crippen molar-refractivity contribution in [2.24, 2.45) is 0 Å². The standard InChI is InChI=1S/C16H21ClN4O2S.ClH/c1-21(6-7-23-2)10-14-11-24-16(19-14)20-15(22)18-9-12-4-3-5-13(17)8-12;/h3-5,8,11H,6-7,9-10H2,1-2H3,(H2,18,19,20,22);1H. The molecule has 0 fully saturated rings. The topological polar surface area (TPSA) is 66.5 Å². The van der Waals surface area contributed by atoms with Gasteiger partial charge in [-0.15, -0.1) is 23.7 Å². The Hall–Kier alpha value is -1.38. The molecule has 9 heteroatoms. The van der Waals surface area contributed by atoms with E-state index >= 15 is 0 Å². The van der Waals surface area contributed by atoms with E-state index in [0.29, 0.717) is 29.9 Å². The zero-order chi connectivity index (χ0) is 17.4. The minimum Gasteiger partial charge on any atom is -0.383 e. The monoisotopic (exact) mass is 404 g/mol. The molecule has 1 heterocycles. The highest BCUT2D eigenvalue weighted by Crippen LogP contribution is 2.16. The second-order valence-electron chi connectivity index (χ2n) is 5.31. The van der Waals surface area contributed by atoms with Crippen molar-refractivity contribution < 1.29 is 9.53 Å². The van der Waals surface area contributed by atoms with Crippen molar-refractivity contribution in [3.05, 3.63) is 45.9 Å². The predicted octanol–water partition coefficient (Wildman–Crippen LogP) is 3.62. The summed E-state index contributed by atoms with van der Waals surface area (Å²) in [5.74, 6) is 0. The fourth-order valence-electron chi connectivity index (χ4n) is 2.01. The number of hydrogen-bond donors (Lipinski definition) is 2. The van der Waals surface area contributed by atoms with Crippen LogP contribution in [-0.2, 0) is 17.8 Å². The number of carbonyl (C=O) groups is 1. The van der Waals surface area contributed by atoms with Crippen molar-refractivity contribution in [2.75, 3.05) is 32.6 Å². The van der Waals surface area contributed by atoms with Gasteiger partial charge in [-0.05, 0) is 24.7 Å². The molecule has 0 saturated carbocycles. The lowest BCUT2D eigenvalue weighted by atomic mass is 10.2. The summed E-state index contributed by atoms with van der Waals surface area (Å²) >= 11 is 7.32. The molecule has 0 atom stereocenters. The summed E-state index contributed by atoms with van der Waals surface area (Å²) in [6.07, 6.45) is 0. The molecule has 2 N–H and O–H groups in total. The van der Waals surface area contributed by atoms with Crippen LogP contribution < -0.4 is 10.6 Å². The maximum atomic E-state index is 11.9. The highest BCUT2D eigenvalue weighted by atomic mass is 35.5. The SMILES string of the molecule is COCCN(C)Cc1csc(NC(=O)NCc2cccc(Cl)c2)n1.Cl. The highest BCUT2D eigenvalue weighted by Gasteiger charge is 2.08. The first-order chi connectivity index (χ1) is 11.6. The van der Waals surface area contributed by atoms with E-state index < -0.39 is 0 Å². The average Bonchev–Trinajstić information content (AvgIpc) is 2.98. The van der Waals surface area contributed by atoms with Gasteiger partial charge in [-0.25, -0.2) is 9.78 Å². The van der Waals surface area contributed by atoms with Gasteiger partial charge >= 0.3 is 6.03 Å².